The average Bonchev–Trinajstić information content (AvgIpc) is 1.39. The van der Waals surface area contributed by atoms with Crippen molar-refractivity contribution in [3.05, 3.63) is 0 Å². The van der Waals surface area contributed by atoms with Crippen molar-refractivity contribution in [2.45, 2.75) is 0 Å². The maximum atomic E-state index is 8.46. The van der Waals surface area contributed by atoms with E-state index >= 15 is 0 Å². The first-order valence-electron chi connectivity index (χ1n) is 0.943. The zero-order valence-electron chi connectivity index (χ0n) is 4.07. The van der Waals surface area contributed by atoms with E-state index < -0.39 is 31.0 Å². The van der Waals surface area contributed by atoms with Crippen LogP contribution in [0.25, 0.3) is 0 Å². The van der Waals surface area contributed by atoms with Crippen molar-refractivity contribution in [1.29, 1.82) is 0 Å². The van der Waals surface area contributed by atoms with Crippen LogP contribution in [0.15, 0.2) is 0 Å². The molecular formula is Al3CaO4. The zero-order valence-corrected chi connectivity index (χ0v) is 9.74. The maximum absolute atomic E-state index is 8.46. The van der Waals surface area contributed by atoms with Crippen LogP contribution < -0.4 is 8.32 Å². The molecule has 4 nitrogen and oxygen atoms in total. The summed E-state index contributed by atoms with van der Waals surface area (Å²) in [5, 5.41) is 0. The van der Waals surface area contributed by atoms with Gasteiger partial charge in [-0.25, -0.2) is 0 Å². The fourth-order valence-corrected chi connectivity index (χ4v) is 0. The molecule has 0 aliphatic heterocycles. The van der Waals surface area contributed by atoms with E-state index in [-0.39, 0.29) is 55.1 Å². The van der Waals surface area contributed by atoms with Gasteiger partial charge in [0.05, 0.1) is 0 Å². The fraction of sp³-hybridized carbons (Fsp3) is 0. The molecule has 0 atom stereocenters. The minimum atomic E-state index is -1.75. The molecule has 0 spiro atoms. The summed E-state index contributed by atoms with van der Waals surface area (Å²) in [6, 6.07) is 0. The Morgan fingerprint density at radius 2 is 1.00 bits per heavy atom. The molecule has 0 aromatic rings. The molecule has 8 heteroatoms. The molecule has 0 saturated heterocycles. The summed E-state index contributed by atoms with van der Waals surface area (Å²) in [4.78, 5) is 0. The molecule has 0 rings (SSSR count). The van der Waals surface area contributed by atoms with Gasteiger partial charge in [-0.2, -0.15) is 0 Å². The molecule has 0 amide bonds. The van der Waals surface area contributed by atoms with Gasteiger partial charge in [0.1, 0.15) is 0 Å². The Hall–Kier alpha value is 2.06. The van der Waals surface area contributed by atoms with Crippen LogP contribution in [0.5, 0.6) is 0 Å². The summed E-state index contributed by atoms with van der Waals surface area (Å²) < 4.78 is 33.8. The molecule has 0 saturated carbocycles. The van der Waals surface area contributed by atoms with E-state index in [1.807, 2.05) is 0 Å². The second kappa shape index (κ2) is 35.7. The Labute approximate surface area is 100 Å². The molecular weight excluding hydrogens is 185 g/mol. The van der Waals surface area contributed by atoms with Gasteiger partial charge in [0.25, 0.3) is 0 Å². The Balaban J connectivity index is -0.0000000160. The second-order valence-corrected chi connectivity index (χ2v) is 0.577. The first kappa shape index (κ1) is 22.5. The SMILES string of the molecule is [Al].[Ca+2].[O]=[Al][O-].[O]=[Al][O-]. The molecule has 0 aromatic carbocycles. The van der Waals surface area contributed by atoms with E-state index in [1.54, 1.807) is 0 Å². The van der Waals surface area contributed by atoms with Crippen LogP contribution in [0, 0.1) is 0 Å². The van der Waals surface area contributed by atoms with Crippen LogP contribution in [-0.2, 0) is 7.61 Å². The molecule has 35 valence electrons. The van der Waals surface area contributed by atoms with Gasteiger partial charge in [-0.05, 0) is 0 Å². The number of hydrogen-bond donors (Lipinski definition) is 0. The summed E-state index contributed by atoms with van der Waals surface area (Å²) in [6.07, 6.45) is 0. The zero-order chi connectivity index (χ0) is 5.41. The van der Waals surface area contributed by atoms with Gasteiger partial charge in [-0.15, -0.1) is 0 Å². The minimum absolute atomic E-state index is 0. The molecule has 0 unspecified atom stereocenters. The predicted molar refractivity (Wildman–Crippen MR) is 24.4 cm³/mol. The van der Waals surface area contributed by atoms with E-state index in [0.29, 0.717) is 0 Å². The fourth-order valence-electron chi connectivity index (χ4n) is 0. The molecule has 0 aliphatic carbocycles. The van der Waals surface area contributed by atoms with Crippen molar-refractivity contribution in [2.24, 2.45) is 0 Å². The van der Waals surface area contributed by atoms with Crippen LogP contribution in [-0.4, -0.2) is 86.1 Å². The summed E-state index contributed by atoms with van der Waals surface area (Å²) in [6.45, 7) is 0. The first-order chi connectivity index (χ1) is 2.83. The van der Waals surface area contributed by atoms with Gasteiger partial charge >= 0.3 is 84.6 Å². The quantitative estimate of drug-likeness (QED) is 0.359. The predicted octanol–water partition coefficient (Wildman–Crippen LogP) is -4.14. The Bertz CT molecular complexity index is 32.3. The van der Waals surface area contributed by atoms with Crippen LogP contribution in [0.4, 0.5) is 0 Å². The van der Waals surface area contributed by atoms with Gasteiger partial charge in [0, 0.05) is 17.4 Å². The van der Waals surface area contributed by atoms with Gasteiger partial charge in [-0.3, -0.25) is 0 Å². The van der Waals surface area contributed by atoms with Crippen LogP contribution in [0.1, 0.15) is 0 Å². The topological polar surface area (TPSA) is 80.3 Å². The first-order valence-corrected chi connectivity index (χ1v) is 2.83. The third kappa shape index (κ3) is 94.8. The molecule has 0 bridgehead atoms. The molecule has 0 fully saturated rings. The molecule has 3 radical (unpaired) electrons. The Morgan fingerprint density at radius 3 is 1.00 bits per heavy atom. The van der Waals surface area contributed by atoms with E-state index in [1.165, 1.54) is 0 Å². The Kier molecular flexibility index (Phi) is 100. The van der Waals surface area contributed by atoms with Crippen molar-refractivity contribution in [3.8, 4) is 0 Å². The van der Waals surface area contributed by atoms with Crippen molar-refractivity contribution >= 4 is 86.1 Å². The molecule has 0 heterocycles. The molecule has 8 heavy (non-hydrogen) atoms. The van der Waals surface area contributed by atoms with Gasteiger partial charge in [0.15, 0.2) is 0 Å². The summed E-state index contributed by atoms with van der Waals surface area (Å²) in [5.41, 5.74) is 0. The third-order valence-corrected chi connectivity index (χ3v) is 0. The van der Waals surface area contributed by atoms with Crippen LogP contribution >= 0.6 is 0 Å². The molecule has 0 aromatic heterocycles. The monoisotopic (exact) mass is 185 g/mol. The summed E-state index contributed by atoms with van der Waals surface area (Å²) >= 11 is -3.50. The summed E-state index contributed by atoms with van der Waals surface area (Å²) in [5.74, 6) is 0. The van der Waals surface area contributed by atoms with E-state index in [2.05, 4.69) is 0 Å². The van der Waals surface area contributed by atoms with Crippen molar-refractivity contribution in [1.82, 2.24) is 0 Å². The second-order valence-electron chi connectivity index (χ2n) is 0.192. The molecule has 0 N–H and O–H groups in total. The normalized spacial score (nSPS) is 2.00. The number of hydrogen-bond acceptors (Lipinski definition) is 4. The summed E-state index contributed by atoms with van der Waals surface area (Å²) in [7, 11) is 0. The molecule has 0 aliphatic rings. The van der Waals surface area contributed by atoms with E-state index in [0.717, 1.165) is 0 Å². The van der Waals surface area contributed by atoms with Crippen molar-refractivity contribution in [2.75, 3.05) is 0 Å². The van der Waals surface area contributed by atoms with Crippen molar-refractivity contribution in [3.63, 3.8) is 0 Å². The standard InChI is InChI=1S/3Al.Ca.4O/q;;;+2;;;2*-1. The number of rotatable bonds is 0. The van der Waals surface area contributed by atoms with Crippen LogP contribution in [0.3, 0.4) is 0 Å². The van der Waals surface area contributed by atoms with Crippen molar-refractivity contribution < 1.29 is 15.9 Å². The van der Waals surface area contributed by atoms with E-state index in [4.69, 9.17) is 15.9 Å². The average molecular weight is 185 g/mol. The van der Waals surface area contributed by atoms with Gasteiger partial charge < -0.3 is 0 Å². The third-order valence-electron chi connectivity index (χ3n) is 0. The van der Waals surface area contributed by atoms with E-state index in [9.17, 15) is 0 Å². The van der Waals surface area contributed by atoms with Gasteiger partial charge in [-0.1, -0.05) is 0 Å². The Morgan fingerprint density at radius 1 is 1.00 bits per heavy atom. The van der Waals surface area contributed by atoms with Gasteiger partial charge in [0.2, 0.25) is 0 Å². The van der Waals surface area contributed by atoms with Crippen LogP contribution in [0.2, 0.25) is 0 Å².